The zero-order valence-electron chi connectivity index (χ0n) is 14.5. The maximum Gasteiger partial charge on any atom is 0.361 e. The van der Waals surface area contributed by atoms with Gasteiger partial charge in [-0.15, -0.1) is 0 Å². The molecule has 130 valence electrons. The largest absolute Gasteiger partial charge is 0.465 e. The average Bonchev–Trinajstić information content (AvgIpc) is 3.02. The smallest absolute Gasteiger partial charge is 0.361 e. The number of nitrogens with zero attached hydrogens (tertiary/aromatic N) is 1. The number of benzene rings is 1. The number of esters is 1. The van der Waals surface area contributed by atoms with Crippen molar-refractivity contribution in [3.63, 3.8) is 0 Å². The molecule has 0 aliphatic rings. The molecular weight excluding hydrogens is 304 g/mol. The van der Waals surface area contributed by atoms with Crippen LogP contribution in [0.4, 0.5) is 0 Å². The van der Waals surface area contributed by atoms with Crippen LogP contribution in [-0.4, -0.2) is 44.5 Å². The van der Waals surface area contributed by atoms with Gasteiger partial charge in [0.25, 0.3) is 0 Å². The van der Waals surface area contributed by atoms with Gasteiger partial charge in [0.2, 0.25) is 0 Å². The van der Waals surface area contributed by atoms with E-state index in [9.17, 15) is 4.79 Å². The van der Waals surface area contributed by atoms with E-state index in [4.69, 9.17) is 9.47 Å². The van der Waals surface area contributed by atoms with Gasteiger partial charge in [-0.1, -0.05) is 30.3 Å². The van der Waals surface area contributed by atoms with E-state index in [2.05, 4.69) is 47.2 Å². The number of aromatic nitrogens is 1. The molecule has 1 aromatic heterocycles. The number of quaternary nitrogens is 1. The van der Waals surface area contributed by atoms with E-state index in [-0.39, 0.29) is 5.97 Å². The summed E-state index contributed by atoms with van der Waals surface area (Å²) in [6.45, 7) is 3.58. The van der Waals surface area contributed by atoms with Crippen molar-refractivity contribution in [2.75, 3.05) is 33.9 Å². The number of carbonyl (C=O) groups is 1. The van der Waals surface area contributed by atoms with Crippen LogP contribution in [0.2, 0.25) is 0 Å². The number of carbonyl (C=O) groups excluding carboxylic acids is 1. The van der Waals surface area contributed by atoms with Crippen LogP contribution in [0.1, 0.15) is 17.7 Å². The van der Waals surface area contributed by atoms with Gasteiger partial charge in [0.15, 0.2) is 6.54 Å². The lowest BCUT2D eigenvalue weighted by molar-refractivity contribution is -0.907. The van der Waals surface area contributed by atoms with Crippen molar-refractivity contribution in [2.45, 2.75) is 19.5 Å². The maximum absolute atomic E-state index is 11.7. The van der Waals surface area contributed by atoms with Crippen molar-refractivity contribution >= 4 is 5.97 Å². The van der Waals surface area contributed by atoms with E-state index in [1.54, 1.807) is 7.11 Å². The molecule has 1 N–H and O–H groups in total. The first-order valence-electron chi connectivity index (χ1n) is 8.30. The van der Waals surface area contributed by atoms with Gasteiger partial charge >= 0.3 is 5.97 Å². The van der Waals surface area contributed by atoms with Crippen molar-refractivity contribution in [3.05, 3.63) is 59.9 Å². The summed E-state index contributed by atoms with van der Waals surface area (Å²) < 4.78 is 12.2. The van der Waals surface area contributed by atoms with E-state index in [0.717, 1.165) is 26.1 Å². The first-order valence-corrected chi connectivity index (χ1v) is 8.30. The Morgan fingerprint density at radius 2 is 1.92 bits per heavy atom. The Balaban J connectivity index is 2.02. The molecule has 5 nitrogen and oxygen atoms in total. The minimum atomic E-state index is -0.177. The molecule has 0 saturated heterocycles. The first kappa shape index (κ1) is 18.2. The van der Waals surface area contributed by atoms with Gasteiger partial charge in [-0.3, -0.25) is 0 Å². The van der Waals surface area contributed by atoms with Crippen LogP contribution >= 0.6 is 0 Å². The van der Waals surface area contributed by atoms with Gasteiger partial charge in [-0.2, -0.15) is 0 Å². The number of ether oxygens (including phenoxy) is 2. The zero-order chi connectivity index (χ0) is 17.2. The molecule has 2 rings (SSSR count). The first-order chi connectivity index (χ1) is 11.7. The molecule has 1 atom stereocenters. The third kappa shape index (κ3) is 5.83. The van der Waals surface area contributed by atoms with Crippen LogP contribution in [0, 0.1) is 0 Å². The van der Waals surface area contributed by atoms with Gasteiger partial charge < -0.3 is 18.9 Å². The highest BCUT2D eigenvalue weighted by Gasteiger charge is 2.17. The fourth-order valence-electron chi connectivity index (χ4n) is 2.78. The Hall–Kier alpha value is -2.11. The Labute approximate surface area is 143 Å². The third-order valence-electron chi connectivity index (χ3n) is 4.05. The van der Waals surface area contributed by atoms with Crippen molar-refractivity contribution in [2.24, 2.45) is 0 Å². The topological polar surface area (TPSA) is 44.9 Å². The molecule has 0 aliphatic heterocycles. The molecule has 5 heteroatoms. The van der Waals surface area contributed by atoms with Crippen LogP contribution in [0.5, 0.6) is 0 Å². The molecule has 0 radical (unpaired) electrons. The van der Waals surface area contributed by atoms with Crippen molar-refractivity contribution < 1.29 is 19.2 Å². The van der Waals surface area contributed by atoms with Crippen LogP contribution in [0.25, 0.3) is 0 Å². The molecule has 24 heavy (non-hydrogen) atoms. The van der Waals surface area contributed by atoms with Gasteiger partial charge in [0, 0.05) is 26.3 Å². The van der Waals surface area contributed by atoms with Gasteiger partial charge in [-0.25, -0.2) is 4.79 Å². The molecule has 0 amide bonds. The number of rotatable bonds is 10. The fraction of sp³-hybridized carbons (Fsp3) is 0.421. The second kappa shape index (κ2) is 9.90. The quantitative estimate of drug-likeness (QED) is 0.524. The molecule has 0 saturated carbocycles. The van der Waals surface area contributed by atoms with Gasteiger partial charge in [-0.05, 0) is 17.7 Å². The van der Waals surface area contributed by atoms with E-state index in [0.29, 0.717) is 13.2 Å². The number of hydrogen-bond donors (Lipinski definition) is 1. The molecule has 1 unspecified atom stereocenters. The van der Waals surface area contributed by atoms with Crippen LogP contribution in [-0.2, 0) is 27.4 Å². The summed E-state index contributed by atoms with van der Waals surface area (Å²) in [5.41, 5.74) is 2.49. The maximum atomic E-state index is 11.7. The predicted molar refractivity (Wildman–Crippen MR) is 92.9 cm³/mol. The summed E-state index contributed by atoms with van der Waals surface area (Å²) in [4.78, 5) is 12.9. The molecule has 2 aromatic rings. The van der Waals surface area contributed by atoms with E-state index < -0.39 is 0 Å². The Morgan fingerprint density at radius 3 is 2.62 bits per heavy atom. The molecule has 0 fully saturated rings. The third-order valence-corrected chi connectivity index (χ3v) is 4.05. The Morgan fingerprint density at radius 1 is 1.12 bits per heavy atom. The van der Waals surface area contributed by atoms with Crippen LogP contribution in [0.15, 0.2) is 48.7 Å². The molecule has 0 aliphatic carbocycles. The monoisotopic (exact) mass is 331 g/mol. The lowest BCUT2D eigenvalue weighted by Gasteiger charge is -2.19. The Bertz CT molecular complexity index is 610. The Kier molecular flexibility index (Phi) is 7.52. The predicted octanol–water partition coefficient (Wildman–Crippen LogP) is 1.13. The van der Waals surface area contributed by atoms with Crippen molar-refractivity contribution in [1.29, 1.82) is 0 Å². The molecule has 1 aromatic carbocycles. The highest BCUT2D eigenvalue weighted by atomic mass is 16.5. The summed E-state index contributed by atoms with van der Waals surface area (Å²) in [6.07, 6.45) is 3.01. The average molecular weight is 331 g/mol. The van der Waals surface area contributed by atoms with E-state index in [1.807, 2.05) is 6.07 Å². The molecule has 0 spiro atoms. The normalized spacial score (nSPS) is 12.1. The minimum absolute atomic E-state index is 0.177. The second-order valence-electron chi connectivity index (χ2n) is 5.89. The highest BCUT2D eigenvalue weighted by molar-refractivity contribution is 5.70. The number of nitrogens with one attached hydrogen (secondary N) is 1. The van der Waals surface area contributed by atoms with Gasteiger partial charge in [0.05, 0.1) is 26.0 Å². The van der Waals surface area contributed by atoms with E-state index in [1.165, 1.54) is 23.3 Å². The summed E-state index contributed by atoms with van der Waals surface area (Å²) in [5, 5.41) is 0. The molecule has 1 heterocycles. The van der Waals surface area contributed by atoms with Crippen LogP contribution in [0.3, 0.4) is 0 Å². The SMILES string of the molecule is COCCC[NH+](CC(=O)OC)Cc1cccn1Cc1ccccc1. The zero-order valence-corrected chi connectivity index (χ0v) is 14.5. The fourth-order valence-corrected chi connectivity index (χ4v) is 2.78. The van der Waals surface area contributed by atoms with Gasteiger partial charge in [0.1, 0.15) is 6.54 Å². The minimum Gasteiger partial charge on any atom is -0.465 e. The molecular formula is C19H27N2O3+. The second-order valence-corrected chi connectivity index (χ2v) is 5.89. The van der Waals surface area contributed by atoms with Crippen LogP contribution < -0.4 is 4.90 Å². The van der Waals surface area contributed by atoms with Crippen molar-refractivity contribution in [1.82, 2.24) is 4.57 Å². The lowest BCUT2D eigenvalue weighted by Crippen LogP contribution is -3.11. The summed E-state index contributed by atoms with van der Waals surface area (Å²) in [5.74, 6) is -0.177. The van der Waals surface area contributed by atoms with E-state index >= 15 is 0 Å². The highest BCUT2D eigenvalue weighted by Crippen LogP contribution is 2.07. The summed E-state index contributed by atoms with van der Waals surface area (Å²) in [6, 6.07) is 14.6. The number of methoxy groups -OCH3 is 2. The lowest BCUT2D eigenvalue weighted by atomic mass is 10.2. The summed E-state index contributed by atoms with van der Waals surface area (Å²) >= 11 is 0. The van der Waals surface area contributed by atoms with Crippen molar-refractivity contribution in [3.8, 4) is 0 Å². The number of hydrogen-bond acceptors (Lipinski definition) is 3. The standard InChI is InChI=1S/C19H26N2O3/c1-23-13-7-11-20(16-19(22)24-2)15-18-10-6-12-21(18)14-17-8-4-3-5-9-17/h3-6,8-10,12H,7,11,13-16H2,1-2H3/p+1. The summed E-state index contributed by atoms with van der Waals surface area (Å²) in [7, 11) is 3.14. The molecule has 0 bridgehead atoms.